The average molecular weight is 381 g/mol. The van der Waals surface area contributed by atoms with Crippen molar-refractivity contribution in [3.8, 4) is 0 Å². The van der Waals surface area contributed by atoms with E-state index in [1.165, 1.54) is 7.11 Å². The van der Waals surface area contributed by atoms with E-state index in [1.807, 2.05) is 4.40 Å². The molecule has 2 aromatic rings. The van der Waals surface area contributed by atoms with Crippen molar-refractivity contribution in [1.82, 2.24) is 9.38 Å². The predicted octanol–water partition coefficient (Wildman–Crippen LogP) is 2.49. The molecular weight excluding hydrogens is 375 g/mol. The van der Waals surface area contributed by atoms with Crippen LogP contribution in [0.3, 0.4) is 0 Å². The molecule has 0 atom stereocenters. The minimum atomic E-state index is -0.373. The number of carbonyl (C=O) groups is 1. The summed E-state index contributed by atoms with van der Waals surface area (Å²) >= 11 is 5.50. The summed E-state index contributed by atoms with van der Waals surface area (Å²) in [4.78, 5) is 15.6. The van der Waals surface area contributed by atoms with Crippen molar-refractivity contribution in [1.29, 1.82) is 0 Å². The molecule has 0 aromatic carbocycles. The van der Waals surface area contributed by atoms with Gasteiger partial charge in [0.25, 0.3) is 0 Å². The highest BCUT2D eigenvalue weighted by Crippen LogP contribution is 2.21. The molecule has 0 unspecified atom stereocenters. The molecule has 0 amide bonds. The lowest BCUT2D eigenvalue weighted by Gasteiger charge is -2.03. The molecular formula is C9H6BrIN2O2. The van der Waals surface area contributed by atoms with Crippen LogP contribution in [0.2, 0.25) is 0 Å². The summed E-state index contributed by atoms with van der Waals surface area (Å²) < 4.78 is 8.23. The molecule has 15 heavy (non-hydrogen) atoms. The van der Waals surface area contributed by atoms with Crippen LogP contribution in [0.4, 0.5) is 0 Å². The first-order valence-electron chi connectivity index (χ1n) is 4.04. The highest BCUT2D eigenvalue weighted by Gasteiger charge is 2.13. The van der Waals surface area contributed by atoms with Crippen LogP contribution in [0.15, 0.2) is 22.9 Å². The fourth-order valence-corrected chi connectivity index (χ4v) is 2.24. The van der Waals surface area contributed by atoms with Gasteiger partial charge in [-0.1, -0.05) is 0 Å². The fourth-order valence-electron chi connectivity index (χ4n) is 1.24. The van der Waals surface area contributed by atoms with Crippen LogP contribution in [0.25, 0.3) is 5.65 Å². The minimum Gasteiger partial charge on any atom is -0.465 e. The number of hydrogen-bond acceptors (Lipinski definition) is 3. The molecule has 0 aliphatic carbocycles. The van der Waals surface area contributed by atoms with Gasteiger partial charge in [-0.2, -0.15) is 0 Å². The molecule has 0 aliphatic rings. The van der Waals surface area contributed by atoms with Crippen LogP contribution in [-0.4, -0.2) is 22.5 Å². The number of fused-ring (bicyclic) bond motifs is 1. The molecule has 0 aliphatic heterocycles. The molecule has 0 bridgehead atoms. The largest absolute Gasteiger partial charge is 0.465 e. The van der Waals surface area contributed by atoms with E-state index in [0.29, 0.717) is 10.0 Å². The first kappa shape index (κ1) is 10.9. The molecule has 0 N–H and O–H groups in total. The van der Waals surface area contributed by atoms with Gasteiger partial charge in [0, 0.05) is 10.7 Å². The summed E-state index contributed by atoms with van der Waals surface area (Å²) in [6.45, 7) is 0. The third-order valence-electron chi connectivity index (χ3n) is 1.96. The van der Waals surface area contributed by atoms with E-state index in [-0.39, 0.29) is 5.97 Å². The van der Waals surface area contributed by atoms with Gasteiger partial charge in [-0.25, -0.2) is 9.78 Å². The molecule has 0 fully saturated rings. The summed E-state index contributed by atoms with van der Waals surface area (Å²) in [6, 6.07) is 1.69. The highest BCUT2D eigenvalue weighted by molar-refractivity contribution is 14.1. The number of esters is 1. The van der Waals surface area contributed by atoms with Crippen LogP contribution >= 0.6 is 38.5 Å². The fraction of sp³-hybridized carbons (Fsp3) is 0.111. The van der Waals surface area contributed by atoms with Crippen LogP contribution < -0.4 is 0 Å². The maximum atomic E-state index is 11.4. The Hall–Kier alpha value is -0.630. The molecule has 0 saturated carbocycles. The zero-order chi connectivity index (χ0) is 11.0. The maximum absolute atomic E-state index is 11.4. The third kappa shape index (κ3) is 1.87. The van der Waals surface area contributed by atoms with Gasteiger partial charge in [0.1, 0.15) is 9.35 Å². The maximum Gasteiger partial charge on any atom is 0.339 e. The Bertz CT molecular complexity index is 538. The topological polar surface area (TPSA) is 43.6 Å². The SMILES string of the molecule is COC(=O)c1cc2ncc(I)n2cc1Br. The second kappa shape index (κ2) is 4.09. The Kier molecular flexibility index (Phi) is 2.96. The molecule has 0 saturated heterocycles. The van der Waals surface area contributed by atoms with Crippen molar-refractivity contribution in [2.75, 3.05) is 7.11 Å². The van der Waals surface area contributed by atoms with Crippen LogP contribution in [0, 0.1) is 3.70 Å². The summed E-state index contributed by atoms with van der Waals surface area (Å²) in [7, 11) is 1.36. The Morgan fingerprint density at radius 2 is 2.40 bits per heavy atom. The molecule has 0 radical (unpaired) electrons. The van der Waals surface area contributed by atoms with E-state index in [9.17, 15) is 4.79 Å². The molecule has 78 valence electrons. The van der Waals surface area contributed by atoms with Gasteiger partial charge < -0.3 is 4.74 Å². The van der Waals surface area contributed by atoms with Crippen molar-refractivity contribution in [2.24, 2.45) is 0 Å². The van der Waals surface area contributed by atoms with Crippen molar-refractivity contribution in [3.63, 3.8) is 0 Å². The minimum absolute atomic E-state index is 0.373. The molecule has 0 spiro atoms. The Morgan fingerprint density at radius 1 is 1.67 bits per heavy atom. The highest BCUT2D eigenvalue weighted by atomic mass is 127. The van der Waals surface area contributed by atoms with Crippen molar-refractivity contribution in [2.45, 2.75) is 0 Å². The number of ether oxygens (including phenoxy) is 1. The Balaban J connectivity index is 2.68. The van der Waals surface area contributed by atoms with Gasteiger partial charge >= 0.3 is 5.97 Å². The van der Waals surface area contributed by atoms with Crippen LogP contribution in [0.1, 0.15) is 10.4 Å². The van der Waals surface area contributed by atoms with Crippen LogP contribution in [0.5, 0.6) is 0 Å². The number of halogens is 2. The Morgan fingerprint density at radius 3 is 3.07 bits per heavy atom. The lowest BCUT2D eigenvalue weighted by molar-refractivity contribution is 0.0599. The van der Waals surface area contributed by atoms with Gasteiger partial charge in [0.05, 0.1) is 18.9 Å². The molecule has 2 aromatic heterocycles. The van der Waals surface area contributed by atoms with E-state index >= 15 is 0 Å². The van der Waals surface area contributed by atoms with Gasteiger partial charge in [-0.15, -0.1) is 0 Å². The Labute approximate surface area is 108 Å². The smallest absolute Gasteiger partial charge is 0.339 e. The van der Waals surface area contributed by atoms with Crippen molar-refractivity contribution < 1.29 is 9.53 Å². The number of rotatable bonds is 1. The number of aromatic nitrogens is 2. The number of carbonyl (C=O) groups excluding carboxylic acids is 1. The van der Waals surface area contributed by atoms with Crippen LogP contribution in [-0.2, 0) is 4.74 Å². The van der Waals surface area contributed by atoms with Gasteiger partial charge in [-0.3, -0.25) is 4.40 Å². The third-order valence-corrected chi connectivity index (χ3v) is 3.39. The van der Waals surface area contributed by atoms with Gasteiger partial charge in [-0.05, 0) is 44.6 Å². The number of pyridine rings is 1. The summed E-state index contributed by atoms with van der Waals surface area (Å²) in [6.07, 6.45) is 3.54. The zero-order valence-electron chi connectivity index (χ0n) is 7.70. The zero-order valence-corrected chi connectivity index (χ0v) is 11.4. The van der Waals surface area contributed by atoms with Crippen molar-refractivity contribution >= 4 is 50.1 Å². The predicted molar refractivity (Wildman–Crippen MR) is 66.9 cm³/mol. The van der Waals surface area contributed by atoms with Gasteiger partial charge in [0.15, 0.2) is 0 Å². The van der Waals surface area contributed by atoms with Gasteiger partial charge in [0.2, 0.25) is 0 Å². The normalized spacial score (nSPS) is 10.6. The first-order valence-corrected chi connectivity index (χ1v) is 5.91. The van der Waals surface area contributed by atoms with E-state index in [4.69, 9.17) is 0 Å². The lowest BCUT2D eigenvalue weighted by atomic mass is 10.3. The molecule has 6 heteroatoms. The number of imidazole rings is 1. The van der Waals surface area contributed by atoms with Crippen molar-refractivity contribution in [3.05, 3.63) is 32.2 Å². The van der Waals surface area contributed by atoms with E-state index < -0.39 is 0 Å². The molecule has 2 rings (SSSR count). The number of hydrogen-bond donors (Lipinski definition) is 0. The lowest BCUT2D eigenvalue weighted by Crippen LogP contribution is -2.03. The summed E-state index contributed by atoms with van der Waals surface area (Å²) in [5, 5.41) is 0. The average Bonchev–Trinajstić information content (AvgIpc) is 2.58. The monoisotopic (exact) mass is 380 g/mol. The van der Waals surface area contributed by atoms with E-state index in [0.717, 1.165) is 9.35 Å². The quantitative estimate of drug-likeness (QED) is 0.564. The second-order valence-electron chi connectivity index (χ2n) is 2.84. The standard InChI is InChI=1S/C9H6BrIN2O2/c1-15-9(14)5-2-8-12-3-7(11)13(8)4-6(5)10/h2-4H,1H3. The molecule has 4 nitrogen and oxygen atoms in total. The summed E-state index contributed by atoms with van der Waals surface area (Å²) in [5.74, 6) is -0.373. The number of nitrogens with zero attached hydrogens (tertiary/aromatic N) is 2. The first-order chi connectivity index (χ1) is 7.13. The second-order valence-corrected chi connectivity index (χ2v) is 4.80. The van der Waals surface area contributed by atoms with E-state index in [2.05, 4.69) is 48.2 Å². The number of methoxy groups -OCH3 is 1. The molecule has 2 heterocycles. The van der Waals surface area contributed by atoms with E-state index in [1.54, 1.807) is 18.5 Å². The summed E-state index contributed by atoms with van der Waals surface area (Å²) in [5.41, 5.74) is 1.20.